The van der Waals surface area contributed by atoms with Gasteiger partial charge in [0.25, 0.3) is 5.91 Å². The second-order valence-corrected chi connectivity index (χ2v) is 6.23. The SMILES string of the molecule is [2H]c1c(OC)c(OC)c([2H])c2c(N([2H])[2H])nc(N3C([2H])([2H])CN(C(=O)C4CCCO4)CC3([2H])[2H])nc12. The van der Waals surface area contributed by atoms with E-state index in [-0.39, 0.29) is 40.2 Å². The molecule has 150 valence electrons. The molecule has 2 aliphatic heterocycles. The van der Waals surface area contributed by atoms with Gasteiger partial charge in [0.1, 0.15) is 11.9 Å². The Labute approximate surface area is 174 Å². The number of nitrogens with two attached hydrogens (primary N) is 1. The van der Waals surface area contributed by atoms with E-state index in [9.17, 15) is 4.79 Å². The van der Waals surface area contributed by atoms with Gasteiger partial charge in [-0.05, 0) is 18.9 Å². The number of methoxy groups -OCH3 is 2. The molecule has 0 spiro atoms. The van der Waals surface area contributed by atoms with Gasteiger partial charge in [-0.2, -0.15) is 4.98 Å². The van der Waals surface area contributed by atoms with Crippen molar-refractivity contribution >= 4 is 28.6 Å². The van der Waals surface area contributed by atoms with Gasteiger partial charge in [0, 0.05) is 44.1 Å². The van der Waals surface area contributed by atoms with E-state index in [0.717, 1.165) is 4.90 Å². The fourth-order valence-electron chi connectivity index (χ4n) is 3.06. The molecular formula is C19H25N5O4. The van der Waals surface area contributed by atoms with Crippen LogP contribution >= 0.6 is 0 Å². The third kappa shape index (κ3) is 3.37. The number of carbonyl (C=O) groups is 1. The lowest BCUT2D eigenvalue weighted by atomic mass is 10.2. The van der Waals surface area contributed by atoms with Crippen LogP contribution in [0.25, 0.3) is 10.9 Å². The molecule has 2 aromatic rings. The van der Waals surface area contributed by atoms with Crippen molar-refractivity contribution in [2.45, 2.75) is 18.9 Å². The van der Waals surface area contributed by atoms with Gasteiger partial charge >= 0.3 is 0 Å². The Kier molecular flexibility index (Phi) is 3.08. The Balaban J connectivity index is 1.87. The topological polar surface area (TPSA) is 103 Å². The molecule has 0 aliphatic carbocycles. The number of aromatic nitrogens is 2. The number of hydrogen-bond donors (Lipinski definition) is 1. The zero-order valence-electron chi connectivity index (χ0n) is 23.5. The molecule has 2 aliphatic rings. The first-order valence-electron chi connectivity index (χ1n) is 12.6. The molecule has 1 amide bonds. The first-order valence-corrected chi connectivity index (χ1v) is 8.75. The smallest absolute Gasteiger partial charge is 0.251 e. The van der Waals surface area contributed by atoms with Gasteiger partial charge in [0.15, 0.2) is 14.3 Å². The maximum absolute atomic E-state index is 12.8. The van der Waals surface area contributed by atoms with Crippen LogP contribution in [0, 0.1) is 0 Å². The van der Waals surface area contributed by atoms with Crippen LogP contribution in [0.3, 0.4) is 0 Å². The Morgan fingerprint density at radius 3 is 2.71 bits per heavy atom. The van der Waals surface area contributed by atoms with E-state index in [1.165, 1.54) is 14.2 Å². The molecule has 1 atom stereocenters. The lowest BCUT2D eigenvalue weighted by molar-refractivity contribution is -0.141. The predicted molar refractivity (Wildman–Crippen MR) is 105 cm³/mol. The van der Waals surface area contributed by atoms with Gasteiger partial charge in [0.05, 0.1) is 28.0 Å². The molecule has 4 rings (SSSR count). The minimum absolute atomic E-state index is 0.0687. The molecule has 0 bridgehead atoms. The molecule has 1 aromatic carbocycles. The van der Waals surface area contributed by atoms with E-state index in [2.05, 4.69) is 9.97 Å². The number of ether oxygens (including phenoxy) is 3. The van der Waals surface area contributed by atoms with E-state index in [1.54, 1.807) is 0 Å². The number of nitrogen functional groups attached to an aromatic ring is 1. The van der Waals surface area contributed by atoms with Crippen LogP contribution in [0.15, 0.2) is 12.1 Å². The number of nitrogens with zero attached hydrogens (tertiary/aromatic N) is 4. The van der Waals surface area contributed by atoms with Crippen molar-refractivity contribution in [3.8, 4) is 11.5 Å². The van der Waals surface area contributed by atoms with Crippen molar-refractivity contribution in [3.63, 3.8) is 0 Å². The van der Waals surface area contributed by atoms with Gasteiger partial charge in [0.2, 0.25) is 5.95 Å². The maximum Gasteiger partial charge on any atom is 0.251 e. The van der Waals surface area contributed by atoms with Crippen LogP contribution < -0.4 is 20.1 Å². The molecule has 2 N–H and O–H groups in total. The van der Waals surface area contributed by atoms with Crippen molar-refractivity contribution in [3.05, 3.63) is 12.1 Å². The summed E-state index contributed by atoms with van der Waals surface area (Å²) in [7, 11) is 2.52. The number of rotatable bonds is 5. The highest BCUT2D eigenvalue weighted by molar-refractivity contribution is 5.91. The van der Waals surface area contributed by atoms with Crippen LogP contribution in [0.1, 0.15) is 21.1 Å². The summed E-state index contributed by atoms with van der Waals surface area (Å²) in [4.78, 5) is 22.8. The van der Waals surface area contributed by atoms with Crippen LogP contribution in [-0.2, 0) is 9.53 Å². The summed E-state index contributed by atoms with van der Waals surface area (Å²) in [5, 5.41) is -0.195. The largest absolute Gasteiger partial charge is 0.493 e. The molecule has 2 fully saturated rings. The van der Waals surface area contributed by atoms with E-state index in [1.807, 2.05) is 0 Å². The molecule has 9 nitrogen and oxygen atoms in total. The van der Waals surface area contributed by atoms with Gasteiger partial charge in [-0.25, -0.2) is 4.98 Å². The van der Waals surface area contributed by atoms with Gasteiger partial charge in [-0.15, -0.1) is 0 Å². The highest BCUT2D eigenvalue weighted by atomic mass is 16.5. The van der Waals surface area contributed by atoms with E-state index in [0.29, 0.717) is 24.3 Å². The molecule has 28 heavy (non-hydrogen) atoms. The summed E-state index contributed by atoms with van der Waals surface area (Å²) in [5.41, 5.74) is -0.189. The van der Waals surface area contributed by atoms with E-state index in [4.69, 9.17) is 25.3 Å². The van der Waals surface area contributed by atoms with Gasteiger partial charge in [-0.3, -0.25) is 4.79 Å². The molecule has 9 heteroatoms. The minimum Gasteiger partial charge on any atom is -0.493 e. The molecular weight excluding hydrogens is 362 g/mol. The number of fused-ring (bicyclic) bond motifs is 1. The summed E-state index contributed by atoms with van der Waals surface area (Å²) >= 11 is 0. The van der Waals surface area contributed by atoms with Gasteiger partial charge < -0.3 is 29.7 Å². The molecule has 1 aromatic heterocycles. The van der Waals surface area contributed by atoms with Crippen molar-refractivity contribution in [2.75, 3.05) is 57.5 Å². The molecule has 2 saturated heterocycles. The maximum atomic E-state index is 12.8. The van der Waals surface area contributed by atoms with Crippen molar-refractivity contribution < 1.29 is 30.1 Å². The fourth-order valence-corrected chi connectivity index (χ4v) is 3.06. The lowest BCUT2D eigenvalue weighted by Crippen LogP contribution is -2.51. The number of carbonyl (C=O) groups excluding carboxylic acids is 1. The van der Waals surface area contributed by atoms with Crippen LogP contribution in [0.5, 0.6) is 11.5 Å². The number of benzene rings is 1. The molecule has 0 radical (unpaired) electrons. The highest BCUT2D eigenvalue weighted by Crippen LogP contribution is 2.34. The van der Waals surface area contributed by atoms with Crippen molar-refractivity contribution in [1.82, 2.24) is 14.9 Å². The van der Waals surface area contributed by atoms with E-state index < -0.39 is 49.9 Å². The monoisotopic (exact) mass is 395 g/mol. The third-order valence-corrected chi connectivity index (χ3v) is 4.52. The summed E-state index contributed by atoms with van der Waals surface area (Å²) in [5.74, 6) is -1.83. The van der Waals surface area contributed by atoms with Gasteiger partial charge in [-0.1, -0.05) is 0 Å². The number of piperazine rings is 1. The fraction of sp³-hybridized carbons (Fsp3) is 0.526. The summed E-state index contributed by atoms with van der Waals surface area (Å²) in [6, 6.07) is -0.732. The number of amides is 1. The van der Waals surface area contributed by atoms with Crippen LogP contribution in [-0.4, -0.2) is 73.8 Å². The predicted octanol–water partition coefficient (Wildman–Crippen LogP) is 1.06. The van der Waals surface area contributed by atoms with E-state index >= 15 is 0 Å². The van der Waals surface area contributed by atoms with Crippen LogP contribution in [0.2, 0.25) is 2.82 Å². The minimum atomic E-state index is -2.52. The first-order chi connectivity index (χ1) is 16.8. The Morgan fingerprint density at radius 2 is 2.07 bits per heavy atom. The summed E-state index contributed by atoms with van der Waals surface area (Å²) in [6.07, 6.45) is 0.399. The second kappa shape index (κ2) is 7.67. The molecule has 3 heterocycles. The quantitative estimate of drug-likeness (QED) is 0.802. The Morgan fingerprint density at radius 1 is 1.32 bits per heavy atom. The highest BCUT2D eigenvalue weighted by Gasteiger charge is 2.31. The standard InChI is InChI=1S/C19H25N5O4/c1-26-15-10-12-13(11-16(15)27-2)21-19(22-17(12)20)24-7-5-23(6-8-24)18(25)14-4-3-9-28-14/h10-11,14H,3-9H2,1-2H3,(H2,20,21,22)/i7D2,8D2,10D,11D/hD2. The summed E-state index contributed by atoms with van der Waals surface area (Å²) < 4.78 is 82.7. The lowest BCUT2D eigenvalue weighted by Gasteiger charge is -2.35. The molecule has 1 unspecified atom stereocenters. The van der Waals surface area contributed by atoms with Crippen molar-refractivity contribution in [1.29, 1.82) is 0 Å². The normalized spacial score (nSPS) is 27.4. The zero-order chi connectivity index (χ0) is 26.6. The Bertz CT molecular complexity index is 1180. The third-order valence-electron chi connectivity index (χ3n) is 4.52. The summed E-state index contributed by atoms with van der Waals surface area (Å²) in [6.45, 7) is -5.66. The second-order valence-electron chi connectivity index (χ2n) is 6.23. The van der Waals surface area contributed by atoms with Crippen molar-refractivity contribution in [2.24, 2.45) is 0 Å². The average Bonchev–Trinajstić information content (AvgIpc) is 3.33. The van der Waals surface area contributed by atoms with Crippen LogP contribution in [0.4, 0.5) is 11.8 Å². The average molecular weight is 395 g/mol. The molecule has 0 saturated carbocycles. The zero-order valence-corrected chi connectivity index (χ0v) is 15.5. The number of hydrogen-bond acceptors (Lipinski definition) is 8. The first kappa shape index (κ1) is 11.3. The Hall–Kier alpha value is -2.81. The number of anilines is 2.